The minimum absolute atomic E-state index is 0.211. The van der Waals surface area contributed by atoms with Crippen LogP contribution in [0.3, 0.4) is 0 Å². The van der Waals surface area contributed by atoms with E-state index < -0.39 is 5.97 Å². The molecule has 0 saturated carbocycles. The monoisotopic (exact) mass is 501 g/mol. The summed E-state index contributed by atoms with van der Waals surface area (Å²) in [6.07, 6.45) is 1.74. The number of aromatic nitrogens is 1. The molecule has 1 saturated heterocycles. The van der Waals surface area contributed by atoms with Gasteiger partial charge < -0.3 is 29.2 Å². The number of carbonyl (C=O) groups is 1. The maximum atomic E-state index is 11.2. The van der Waals surface area contributed by atoms with Gasteiger partial charge in [-0.3, -0.25) is 4.98 Å². The minimum atomic E-state index is -0.978. The highest BCUT2D eigenvalue weighted by molar-refractivity contribution is 7.80. The van der Waals surface area contributed by atoms with E-state index in [-0.39, 0.29) is 17.6 Å². The minimum Gasteiger partial charge on any atom is -0.497 e. The fourth-order valence-electron chi connectivity index (χ4n) is 4.33. The number of hydrogen-bond acceptors (Lipinski definition) is 6. The zero-order valence-electron chi connectivity index (χ0n) is 19.5. The highest BCUT2D eigenvalue weighted by atomic mass is 32.1. The summed E-state index contributed by atoms with van der Waals surface area (Å²) in [7, 11) is 3.21. The summed E-state index contributed by atoms with van der Waals surface area (Å²) in [4.78, 5) is 17.7. The third-order valence-electron chi connectivity index (χ3n) is 6.08. The Morgan fingerprint density at radius 2 is 1.86 bits per heavy atom. The molecule has 2 N–H and O–H groups in total. The molecule has 8 nitrogen and oxygen atoms in total. The molecule has 1 aliphatic rings. The van der Waals surface area contributed by atoms with Gasteiger partial charge in [0.05, 0.1) is 37.2 Å². The van der Waals surface area contributed by atoms with Gasteiger partial charge in [-0.15, -0.1) is 0 Å². The number of ether oxygens (including phenoxy) is 2. The van der Waals surface area contributed by atoms with Crippen molar-refractivity contribution < 1.29 is 23.8 Å². The van der Waals surface area contributed by atoms with Crippen molar-refractivity contribution in [2.24, 2.45) is 0 Å². The quantitative estimate of drug-likeness (QED) is 0.330. The number of carboxylic acid groups (broad SMARTS) is 1. The second-order valence-corrected chi connectivity index (χ2v) is 8.51. The number of furan rings is 1. The van der Waals surface area contributed by atoms with Crippen LogP contribution in [0.5, 0.6) is 11.5 Å². The van der Waals surface area contributed by atoms with E-state index in [0.29, 0.717) is 28.1 Å². The third-order valence-corrected chi connectivity index (χ3v) is 6.39. The van der Waals surface area contributed by atoms with E-state index in [1.54, 1.807) is 44.7 Å². The van der Waals surface area contributed by atoms with Gasteiger partial charge in [-0.1, -0.05) is 18.2 Å². The first-order chi connectivity index (χ1) is 17.5. The normalized spacial score (nSPS) is 17.1. The van der Waals surface area contributed by atoms with Crippen LogP contribution in [-0.4, -0.2) is 35.4 Å². The maximum Gasteiger partial charge on any atom is 0.335 e. The van der Waals surface area contributed by atoms with Gasteiger partial charge in [-0.25, -0.2) is 4.79 Å². The molecule has 2 aromatic heterocycles. The Morgan fingerprint density at radius 1 is 1.06 bits per heavy atom. The van der Waals surface area contributed by atoms with E-state index in [9.17, 15) is 9.90 Å². The molecule has 0 bridgehead atoms. The van der Waals surface area contributed by atoms with Crippen molar-refractivity contribution in [2.45, 2.75) is 12.1 Å². The standard InChI is InChI=1S/C27H23N3O5S/c1-33-18-10-11-22(34-2)20(15-18)30-25(24(29-27(30)36)19-5-3-4-14-28-19)23-13-12-21(35-23)16-6-8-17(9-7-16)26(31)32/h3-15,24-25H,1-2H3,(H,29,36)(H,31,32)/t24-,25-/m0/s1. The average Bonchev–Trinajstić information content (AvgIpc) is 3.53. The molecule has 0 unspecified atom stereocenters. The molecule has 1 aliphatic heterocycles. The topological polar surface area (TPSA) is 97.1 Å². The lowest BCUT2D eigenvalue weighted by Gasteiger charge is -2.27. The first kappa shape index (κ1) is 23.4. The van der Waals surface area contributed by atoms with Crippen LogP contribution in [0.25, 0.3) is 11.3 Å². The molecular formula is C27H23N3O5S. The first-order valence-corrected chi connectivity index (χ1v) is 11.6. The van der Waals surface area contributed by atoms with Crippen LogP contribution in [0.15, 0.2) is 83.4 Å². The summed E-state index contributed by atoms with van der Waals surface area (Å²) in [5.74, 6) is 1.57. The fourth-order valence-corrected chi connectivity index (χ4v) is 4.67. The summed E-state index contributed by atoms with van der Waals surface area (Å²) < 4.78 is 17.5. The summed E-state index contributed by atoms with van der Waals surface area (Å²) >= 11 is 5.80. The van der Waals surface area contributed by atoms with Gasteiger partial charge in [0.1, 0.15) is 29.1 Å². The molecule has 2 atom stereocenters. The lowest BCUT2D eigenvalue weighted by molar-refractivity contribution is 0.0697. The number of anilines is 1. The molecule has 3 heterocycles. The predicted octanol–water partition coefficient (Wildman–Crippen LogP) is 5.23. The Morgan fingerprint density at radius 3 is 2.53 bits per heavy atom. The van der Waals surface area contributed by atoms with Gasteiger partial charge in [-0.2, -0.15) is 0 Å². The van der Waals surface area contributed by atoms with E-state index in [0.717, 1.165) is 16.9 Å². The zero-order chi connectivity index (χ0) is 25.2. The Kier molecular flexibility index (Phi) is 6.30. The molecule has 0 radical (unpaired) electrons. The van der Waals surface area contributed by atoms with Crippen molar-refractivity contribution in [1.82, 2.24) is 10.3 Å². The van der Waals surface area contributed by atoms with Gasteiger partial charge in [-0.05, 0) is 60.7 Å². The van der Waals surface area contributed by atoms with Gasteiger partial charge in [0.25, 0.3) is 0 Å². The summed E-state index contributed by atoms with van der Waals surface area (Å²) in [5.41, 5.74) is 2.50. The summed E-state index contributed by atoms with van der Waals surface area (Å²) in [6.45, 7) is 0. The molecule has 0 spiro atoms. The van der Waals surface area contributed by atoms with E-state index in [1.807, 2.05) is 53.4 Å². The first-order valence-electron chi connectivity index (χ1n) is 11.2. The van der Waals surface area contributed by atoms with Crippen LogP contribution in [0, 0.1) is 0 Å². The van der Waals surface area contributed by atoms with E-state index in [4.69, 9.17) is 26.1 Å². The number of carboxylic acids is 1. The number of thiocarbonyl (C=S) groups is 1. The van der Waals surface area contributed by atoms with Gasteiger partial charge >= 0.3 is 5.97 Å². The molecule has 182 valence electrons. The highest BCUT2D eigenvalue weighted by Crippen LogP contribution is 2.46. The molecule has 1 fully saturated rings. The molecule has 2 aromatic carbocycles. The van der Waals surface area contributed by atoms with Gasteiger partial charge in [0, 0.05) is 17.8 Å². The number of nitrogens with one attached hydrogen (secondary N) is 1. The summed E-state index contributed by atoms with van der Waals surface area (Å²) in [6, 6.07) is 20.9. The molecule has 4 aromatic rings. The lowest BCUT2D eigenvalue weighted by atomic mass is 10.0. The van der Waals surface area contributed by atoms with Crippen LogP contribution in [-0.2, 0) is 0 Å². The average molecular weight is 502 g/mol. The van der Waals surface area contributed by atoms with Crippen molar-refractivity contribution in [3.8, 4) is 22.8 Å². The smallest absolute Gasteiger partial charge is 0.335 e. The maximum absolute atomic E-state index is 11.2. The Balaban J connectivity index is 1.61. The van der Waals surface area contributed by atoms with E-state index in [2.05, 4.69) is 10.3 Å². The molecule has 5 rings (SSSR count). The number of methoxy groups -OCH3 is 2. The van der Waals surface area contributed by atoms with Gasteiger partial charge in [0.2, 0.25) is 0 Å². The van der Waals surface area contributed by atoms with Gasteiger partial charge in [0.15, 0.2) is 5.11 Å². The molecule has 36 heavy (non-hydrogen) atoms. The van der Waals surface area contributed by atoms with Crippen molar-refractivity contribution in [2.75, 3.05) is 19.1 Å². The SMILES string of the molecule is COc1ccc(OC)c(N2C(=S)N[C@@H](c3ccccn3)[C@@H]2c2ccc(-c3ccc(C(=O)O)cc3)o2)c1. The van der Waals surface area contributed by atoms with E-state index >= 15 is 0 Å². The van der Waals surface area contributed by atoms with E-state index in [1.165, 1.54) is 0 Å². The number of rotatable bonds is 7. The molecule has 0 aliphatic carbocycles. The van der Waals surface area contributed by atoms with Crippen molar-refractivity contribution >= 4 is 29.0 Å². The molecular weight excluding hydrogens is 478 g/mol. The lowest BCUT2D eigenvalue weighted by Crippen LogP contribution is -2.29. The Hall–Kier alpha value is -4.37. The Labute approximate surface area is 213 Å². The van der Waals surface area contributed by atoms with Crippen molar-refractivity contribution in [3.63, 3.8) is 0 Å². The van der Waals surface area contributed by atoms with Crippen LogP contribution in [0.1, 0.15) is 33.9 Å². The summed E-state index contributed by atoms with van der Waals surface area (Å²) in [5, 5.41) is 13.1. The number of nitrogens with zero attached hydrogens (tertiary/aromatic N) is 2. The number of benzene rings is 2. The highest BCUT2D eigenvalue weighted by Gasteiger charge is 2.43. The fraction of sp³-hybridized carbons (Fsp3) is 0.148. The van der Waals surface area contributed by atoms with Crippen LogP contribution in [0.2, 0.25) is 0 Å². The van der Waals surface area contributed by atoms with Crippen LogP contribution >= 0.6 is 12.2 Å². The Bertz CT molecular complexity index is 1400. The number of pyridine rings is 1. The zero-order valence-corrected chi connectivity index (χ0v) is 20.4. The molecule has 0 amide bonds. The van der Waals surface area contributed by atoms with Crippen molar-refractivity contribution in [1.29, 1.82) is 0 Å². The number of hydrogen-bond donors (Lipinski definition) is 2. The van der Waals surface area contributed by atoms with Crippen LogP contribution in [0.4, 0.5) is 5.69 Å². The van der Waals surface area contributed by atoms with Crippen molar-refractivity contribution in [3.05, 3.63) is 96.0 Å². The second-order valence-electron chi connectivity index (χ2n) is 8.12. The molecule has 9 heteroatoms. The van der Waals surface area contributed by atoms with Crippen LogP contribution < -0.4 is 19.7 Å². The second kappa shape index (κ2) is 9.71. The number of aromatic carboxylic acids is 1. The largest absolute Gasteiger partial charge is 0.497 e. The third kappa shape index (κ3) is 4.25. The predicted molar refractivity (Wildman–Crippen MR) is 139 cm³/mol.